The van der Waals surface area contributed by atoms with Crippen molar-refractivity contribution in [2.45, 2.75) is 50.5 Å². The lowest BCUT2D eigenvalue weighted by atomic mass is 9.60. The average Bonchev–Trinajstić information content (AvgIpc) is 2.93. The number of carbonyl (C=O) groups excluding carboxylic acids is 1. The van der Waals surface area contributed by atoms with E-state index in [0.29, 0.717) is 22.6 Å². The molecular formula is C31H36N4O2. The van der Waals surface area contributed by atoms with Gasteiger partial charge in [-0.05, 0) is 119 Å². The van der Waals surface area contributed by atoms with Crippen LogP contribution >= 0.6 is 0 Å². The minimum Gasteiger partial charge on any atom is -0.457 e. The highest BCUT2D eigenvalue weighted by atomic mass is 16.5. The summed E-state index contributed by atoms with van der Waals surface area (Å²) < 4.78 is 5.93. The van der Waals surface area contributed by atoms with E-state index in [1.165, 1.54) is 38.8 Å². The minimum atomic E-state index is -0.453. The van der Waals surface area contributed by atoms with E-state index in [9.17, 15) is 4.79 Å². The second kappa shape index (κ2) is 10.3. The van der Waals surface area contributed by atoms with Crippen LogP contribution in [0.2, 0.25) is 0 Å². The predicted octanol–water partition coefficient (Wildman–Crippen LogP) is 5.35. The van der Waals surface area contributed by atoms with Gasteiger partial charge in [-0.1, -0.05) is 18.2 Å². The number of carbonyl (C=O) groups is 1. The summed E-state index contributed by atoms with van der Waals surface area (Å²) >= 11 is 0. The van der Waals surface area contributed by atoms with Gasteiger partial charge >= 0.3 is 0 Å². The van der Waals surface area contributed by atoms with E-state index in [2.05, 4.69) is 10.2 Å². The maximum atomic E-state index is 12.2. The average molecular weight is 497 g/mol. The first-order valence-electron chi connectivity index (χ1n) is 13.7. The second-order valence-electron chi connectivity index (χ2n) is 11.1. The number of para-hydroxylation sites is 1. The number of piperidine rings is 2. The summed E-state index contributed by atoms with van der Waals surface area (Å²) in [5.74, 6) is 1.48. The number of likely N-dealkylation sites (tertiary alicyclic amines) is 1. The quantitative estimate of drug-likeness (QED) is 0.481. The number of aromatic nitrogens is 1. The van der Waals surface area contributed by atoms with Crippen LogP contribution in [-0.2, 0) is 0 Å². The number of pyridine rings is 1. The molecule has 37 heavy (non-hydrogen) atoms. The fourth-order valence-electron chi connectivity index (χ4n) is 6.55. The number of amides is 1. The van der Waals surface area contributed by atoms with Crippen LogP contribution in [0, 0.1) is 5.41 Å². The van der Waals surface area contributed by atoms with Crippen LogP contribution in [0.1, 0.15) is 60.5 Å². The van der Waals surface area contributed by atoms with Gasteiger partial charge in [0.1, 0.15) is 11.5 Å². The summed E-state index contributed by atoms with van der Waals surface area (Å²) in [6, 6.07) is 22.0. The normalized spacial score (nSPS) is 20.4. The van der Waals surface area contributed by atoms with Gasteiger partial charge in [-0.3, -0.25) is 9.78 Å². The van der Waals surface area contributed by atoms with E-state index in [0.717, 1.165) is 54.7 Å². The molecule has 3 N–H and O–H groups in total. The van der Waals surface area contributed by atoms with Crippen LogP contribution in [0.4, 0.5) is 0 Å². The summed E-state index contributed by atoms with van der Waals surface area (Å²) in [7, 11) is 0. The molecule has 6 nitrogen and oxygen atoms in total. The minimum absolute atomic E-state index is 0.408. The maximum absolute atomic E-state index is 12.2. The largest absolute Gasteiger partial charge is 0.457 e. The lowest BCUT2D eigenvalue weighted by Crippen LogP contribution is -2.55. The third kappa shape index (κ3) is 5.13. The number of hydrogen-bond donors (Lipinski definition) is 2. The molecule has 0 bridgehead atoms. The Kier molecular flexibility index (Phi) is 6.70. The van der Waals surface area contributed by atoms with Crippen LogP contribution in [0.25, 0.3) is 11.3 Å². The number of rotatable bonds is 6. The summed E-state index contributed by atoms with van der Waals surface area (Å²) in [5, 5.41) is 3.51. The van der Waals surface area contributed by atoms with Gasteiger partial charge in [-0.2, -0.15) is 0 Å². The number of nitrogens with zero attached hydrogens (tertiary/aromatic N) is 2. The number of nitrogens with two attached hydrogens (primary N) is 1. The van der Waals surface area contributed by atoms with Crippen molar-refractivity contribution in [3.05, 3.63) is 78.0 Å². The van der Waals surface area contributed by atoms with Crippen LogP contribution in [0.5, 0.6) is 11.5 Å². The Bertz CT molecular complexity index is 1220. The molecule has 3 aliphatic rings. The molecule has 3 fully saturated rings. The lowest BCUT2D eigenvalue weighted by Gasteiger charge is -2.55. The molecule has 2 aliphatic heterocycles. The fraction of sp³-hybridized carbons (Fsp3) is 0.419. The molecule has 1 spiro atoms. The molecule has 6 rings (SSSR count). The van der Waals surface area contributed by atoms with Crippen molar-refractivity contribution in [2.24, 2.45) is 11.1 Å². The van der Waals surface area contributed by atoms with E-state index in [4.69, 9.17) is 15.5 Å². The summed E-state index contributed by atoms with van der Waals surface area (Å²) in [6.45, 7) is 4.63. The van der Waals surface area contributed by atoms with Gasteiger partial charge in [0.25, 0.3) is 5.91 Å². The number of ether oxygens (including phenoxy) is 1. The van der Waals surface area contributed by atoms with Gasteiger partial charge in [0.15, 0.2) is 0 Å². The molecule has 2 saturated heterocycles. The van der Waals surface area contributed by atoms with Crippen molar-refractivity contribution in [3.8, 4) is 22.8 Å². The van der Waals surface area contributed by atoms with Gasteiger partial charge < -0.3 is 20.7 Å². The van der Waals surface area contributed by atoms with E-state index in [1.807, 2.05) is 66.7 Å². The van der Waals surface area contributed by atoms with Gasteiger partial charge in [0.05, 0.1) is 11.3 Å². The standard InChI is InChI=1S/C31H36N4O2/c32-30(36)27-10-11-28(22-12-18-35(19-13-22)24-20-31(21-24)14-16-33-17-15-31)34-29(27)23-6-8-26(9-7-23)37-25-4-2-1-3-5-25/h1-11,22,24,33H,12-21H2,(H2,32,36). The molecule has 1 aromatic heterocycles. The Morgan fingerprint density at radius 1 is 0.919 bits per heavy atom. The van der Waals surface area contributed by atoms with Crippen molar-refractivity contribution in [1.29, 1.82) is 0 Å². The van der Waals surface area contributed by atoms with Crippen molar-refractivity contribution < 1.29 is 9.53 Å². The highest BCUT2D eigenvalue weighted by molar-refractivity contribution is 5.98. The molecule has 1 saturated carbocycles. The van der Waals surface area contributed by atoms with Gasteiger partial charge in [0, 0.05) is 23.2 Å². The third-order valence-corrected chi connectivity index (χ3v) is 8.75. The first-order chi connectivity index (χ1) is 18.1. The Hall–Kier alpha value is -3.22. The Balaban J connectivity index is 1.13. The number of benzene rings is 2. The fourth-order valence-corrected chi connectivity index (χ4v) is 6.55. The monoisotopic (exact) mass is 496 g/mol. The lowest BCUT2D eigenvalue weighted by molar-refractivity contribution is -0.0293. The van der Waals surface area contributed by atoms with Gasteiger partial charge in [-0.25, -0.2) is 0 Å². The van der Waals surface area contributed by atoms with Crippen molar-refractivity contribution >= 4 is 5.91 Å². The van der Waals surface area contributed by atoms with Crippen LogP contribution in [-0.4, -0.2) is 48.0 Å². The smallest absolute Gasteiger partial charge is 0.250 e. The van der Waals surface area contributed by atoms with Crippen molar-refractivity contribution in [3.63, 3.8) is 0 Å². The van der Waals surface area contributed by atoms with Crippen LogP contribution in [0.15, 0.2) is 66.7 Å². The molecule has 6 heteroatoms. The van der Waals surface area contributed by atoms with E-state index in [-0.39, 0.29) is 0 Å². The first kappa shape index (κ1) is 24.1. The predicted molar refractivity (Wildman–Crippen MR) is 146 cm³/mol. The number of nitrogens with one attached hydrogen (secondary N) is 1. The zero-order valence-corrected chi connectivity index (χ0v) is 21.4. The molecule has 2 aromatic carbocycles. The molecule has 0 radical (unpaired) electrons. The summed E-state index contributed by atoms with van der Waals surface area (Å²) in [6.07, 6.45) is 7.66. The van der Waals surface area contributed by atoms with Gasteiger partial charge in [0.2, 0.25) is 0 Å². The molecule has 192 valence electrons. The van der Waals surface area contributed by atoms with E-state index < -0.39 is 5.91 Å². The number of hydrogen-bond acceptors (Lipinski definition) is 5. The SMILES string of the molecule is NC(=O)c1ccc(C2CCN(C3CC4(CCNCC4)C3)CC2)nc1-c1ccc(Oc2ccccc2)cc1. The Morgan fingerprint density at radius 3 is 2.27 bits per heavy atom. The zero-order valence-electron chi connectivity index (χ0n) is 21.4. The highest BCUT2D eigenvalue weighted by Gasteiger charge is 2.47. The molecule has 3 heterocycles. The first-order valence-corrected chi connectivity index (χ1v) is 13.7. The topological polar surface area (TPSA) is 80.5 Å². The zero-order chi connectivity index (χ0) is 25.2. The second-order valence-corrected chi connectivity index (χ2v) is 11.1. The van der Waals surface area contributed by atoms with E-state index in [1.54, 1.807) is 0 Å². The number of primary amides is 1. The molecule has 0 atom stereocenters. The van der Waals surface area contributed by atoms with E-state index >= 15 is 0 Å². The molecular weight excluding hydrogens is 460 g/mol. The van der Waals surface area contributed by atoms with Crippen molar-refractivity contribution in [2.75, 3.05) is 26.2 Å². The molecule has 3 aromatic rings. The highest BCUT2D eigenvalue weighted by Crippen LogP contribution is 2.50. The maximum Gasteiger partial charge on any atom is 0.250 e. The molecule has 1 aliphatic carbocycles. The van der Waals surface area contributed by atoms with Crippen LogP contribution < -0.4 is 15.8 Å². The van der Waals surface area contributed by atoms with Gasteiger partial charge in [-0.15, -0.1) is 0 Å². The van der Waals surface area contributed by atoms with Crippen LogP contribution in [0.3, 0.4) is 0 Å². The Labute approximate surface area is 219 Å². The Morgan fingerprint density at radius 2 is 1.59 bits per heavy atom. The molecule has 0 unspecified atom stereocenters. The summed E-state index contributed by atoms with van der Waals surface area (Å²) in [5.41, 5.74) is 9.40. The molecule has 1 amide bonds. The third-order valence-electron chi connectivity index (χ3n) is 8.75. The summed E-state index contributed by atoms with van der Waals surface area (Å²) in [4.78, 5) is 19.9. The van der Waals surface area contributed by atoms with Crippen molar-refractivity contribution in [1.82, 2.24) is 15.2 Å².